The van der Waals surface area contributed by atoms with Gasteiger partial charge in [0.15, 0.2) is 6.10 Å². The van der Waals surface area contributed by atoms with Crippen molar-refractivity contribution in [2.45, 2.75) is 26.9 Å². The van der Waals surface area contributed by atoms with Gasteiger partial charge < -0.3 is 14.8 Å². The molecule has 0 saturated heterocycles. The summed E-state index contributed by atoms with van der Waals surface area (Å²) in [6, 6.07) is 16.6. The van der Waals surface area contributed by atoms with E-state index in [2.05, 4.69) is 5.32 Å². The van der Waals surface area contributed by atoms with Crippen LogP contribution in [0.1, 0.15) is 28.4 Å². The summed E-state index contributed by atoms with van der Waals surface area (Å²) in [5.41, 5.74) is 3.08. The van der Waals surface area contributed by atoms with Crippen LogP contribution in [-0.2, 0) is 9.53 Å². The number of carbonyl (C=O) groups excluding carboxylic acids is 2. The molecule has 144 valence electrons. The van der Waals surface area contributed by atoms with Crippen molar-refractivity contribution in [3.63, 3.8) is 0 Å². The van der Waals surface area contributed by atoms with Crippen molar-refractivity contribution in [3.05, 3.63) is 71.3 Å². The van der Waals surface area contributed by atoms with Crippen LogP contribution < -0.4 is 10.1 Å². The smallest absolute Gasteiger partial charge is 0.339 e. The van der Waals surface area contributed by atoms with E-state index in [1.165, 1.54) is 0 Å². The van der Waals surface area contributed by atoms with Crippen molar-refractivity contribution in [1.29, 1.82) is 0 Å². The highest BCUT2D eigenvalue weighted by atomic mass is 16.5. The van der Waals surface area contributed by atoms with E-state index in [0.29, 0.717) is 22.4 Å². The van der Waals surface area contributed by atoms with Gasteiger partial charge >= 0.3 is 5.97 Å². The van der Waals surface area contributed by atoms with Gasteiger partial charge in [0.2, 0.25) is 0 Å². The molecule has 3 aromatic carbocycles. The number of aryl methyl sites for hydroxylation is 2. The molecular weight excluding hydrogens is 354 g/mol. The van der Waals surface area contributed by atoms with Crippen molar-refractivity contribution in [1.82, 2.24) is 0 Å². The molecule has 0 aliphatic carbocycles. The van der Waals surface area contributed by atoms with Crippen LogP contribution in [0.25, 0.3) is 10.8 Å². The molecule has 5 nitrogen and oxygen atoms in total. The molecular formula is C23H23NO4. The Balaban J connectivity index is 1.78. The largest absolute Gasteiger partial charge is 0.496 e. The van der Waals surface area contributed by atoms with Gasteiger partial charge in [0.1, 0.15) is 5.75 Å². The molecule has 0 bridgehead atoms. The molecule has 0 aliphatic rings. The third kappa shape index (κ3) is 3.98. The van der Waals surface area contributed by atoms with Crippen LogP contribution in [0.4, 0.5) is 5.69 Å². The number of benzene rings is 3. The average molecular weight is 377 g/mol. The predicted octanol–water partition coefficient (Wildman–Crippen LogP) is 4.65. The van der Waals surface area contributed by atoms with Crippen LogP contribution in [0.15, 0.2) is 54.6 Å². The first kappa shape index (κ1) is 19.4. The second kappa shape index (κ2) is 8.13. The van der Waals surface area contributed by atoms with Gasteiger partial charge in [0.05, 0.1) is 12.7 Å². The van der Waals surface area contributed by atoms with E-state index in [1.54, 1.807) is 26.2 Å². The molecule has 1 amide bonds. The number of rotatable bonds is 5. The van der Waals surface area contributed by atoms with Gasteiger partial charge in [-0.25, -0.2) is 4.79 Å². The number of fused-ring (bicyclic) bond motifs is 1. The molecule has 0 aromatic heterocycles. The molecule has 0 aliphatic heterocycles. The van der Waals surface area contributed by atoms with Crippen LogP contribution in [0.2, 0.25) is 0 Å². The zero-order chi connectivity index (χ0) is 20.3. The minimum Gasteiger partial charge on any atom is -0.496 e. The summed E-state index contributed by atoms with van der Waals surface area (Å²) in [7, 11) is 1.58. The van der Waals surface area contributed by atoms with E-state index >= 15 is 0 Å². The maximum Gasteiger partial charge on any atom is 0.339 e. The number of nitrogens with one attached hydrogen (secondary N) is 1. The lowest BCUT2D eigenvalue weighted by molar-refractivity contribution is -0.123. The SMILES string of the molecule is COc1ccc(C(=O)O[C@H](C)C(=O)Nc2cc(C)ccc2C)c2ccccc12. The average Bonchev–Trinajstić information content (AvgIpc) is 2.69. The summed E-state index contributed by atoms with van der Waals surface area (Å²) in [6.45, 7) is 5.42. The highest BCUT2D eigenvalue weighted by Gasteiger charge is 2.21. The van der Waals surface area contributed by atoms with E-state index in [0.717, 1.165) is 16.5 Å². The van der Waals surface area contributed by atoms with Gasteiger partial charge in [-0.15, -0.1) is 0 Å². The van der Waals surface area contributed by atoms with Crippen molar-refractivity contribution in [2.75, 3.05) is 12.4 Å². The van der Waals surface area contributed by atoms with Crippen LogP contribution in [-0.4, -0.2) is 25.1 Å². The molecule has 0 radical (unpaired) electrons. The standard InChI is InChI=1S/C23H23NO4/c1-14-9-10-15(2)20(13-14)24-22(25)16(3)28-23(26)19-11-12-21(27-4)18-8-6-5-7-17(18)19/h5-13,16H,1-4H3,(H,24,25)/t16-/m1/s1. The number of hydrogen-bond acceptors (Lipinski definition) is 4. The maximum atomic E-state index is 12.7. The molecule has 0 heterocycles. The summed E-state index contributed by atoms with van der Waals surface area (Å²) in [4.78, 5) is 25.2. The first-order valence-electron chi connectivity index (χ1n) is 9.05. The van der Waals surface area contributed by atoms with Crippen molar-refractivity contribution >= 4 is 28.3 Å². The zero-order valence-electron chi connectivity index (χ0n) is 16.4. The number of anilines is 1. The van der Waals surface area contributed by atoms with Gasteiger partial charge in [-0.3, -0.25) is 4.79 Å². The topological polar surface area (TPSA) is 64.6 Å². The Morgan fingerprint density at radius 1 is 0.964 bits per heavy atom. The van der Waals surface area contributed by atoms with Crippen LogP contribution in [0, 0.1) is 13.8 Å². The van der Waals surface area contributed by atoms with Gasteiger partial charge in [-0.1, -0.05) is 36.4 Å². The Kier molecular flexibility index (Phi) is 5.64. The monoisotopic (exact) mass is 377 g/mol. The minimum atomic E-state index is -0.937. The summed E-state index contributed by atoms with van der Waals surface area (Å²) in [6.07, 6.45) is -0.937. The Bertz CT molecular complexity index is 1040. The van der Waals surface area contributed by atoms with E-state index in [-0.39, 0.29) is 5.91 Å². The molecule has 0 fully saturated rings. The van der Waals surface area contributed by atoms with Gasteiger partial charge in [0.25, 0.3) is 5.91 Å². The molecule has 0 spiro atoms. The molecule has 0 saturated carbocycles. The molecule has 1 atom stereocenters. The normalized spacial score (nSPS) is 11.7. The molecule has 3 rings (SSSR count). The first-order chi connectivity index (χ1) is 13.4. The zero-order valence-corrected chi connectivity index (χ0v) is 16.4. The second-order valence-corrected chi connectivity index (χ2v) is 6.72. The fourth-order valence-electron chi connectivity index (χ4n) is 3.01. The lowest BCUT2D eigenvalue weighted by Gasteiger charge is -2.16. The molecule has 28 heavy (non-hydrogen) atoms. The Hall–Kier alpha value is -3.34. The number of methoxy groups -OCH3 is 1. The molecule has 3 aromatic rings. The predicted molar refractivity (Wildman–Crippen MR) is 110 cm³/mol. The second-order valence-electron chi connectivity index (χ2n) is 6.72. The van der Waals surface area contributed by atoms with Crippen molar-refractivity contribution in [2.24, 2.45) is 0 Å². The lowest BCUT2D eigenvalue weighted by Crippen LogP contribution is -2.30. The molecule has 5 heteroatoms. The van der Waals surface area contributed by atoms with E-state index < -0.39 is 12.1 Å². The van der Waals surface area contributed by atoms with Gasteiger partial charge in [0, 0.05) is 11.1 Å². The van der Waals surface area contributed by atoms with Gasteiger partial charge in [-0.2, -0.15) is 0 Å². The quantitative estimate of drug-likeness (QED) is 0.658. The molecule has 0 unspecified atom stereocenters. The van der Waals surface area contributed by atoms with E-state index in [1.807, 2.05) is 56.3 Å². The number of carbonyl (C=O) groups is 2. The first-order valence-corrected chi connectivity index (χ1v) is 9.05. The third-order valence-corrected chi connectivity index (χ3v) is 4.63. The van der Waals surface area contributed by atoms with Crippen LogP contribution in [0.5, 0.6) is 5.75 Å². The highest BCUT2D eigenvalue weighted by molar-refractivity contribution is 6.07. The number of amides is 1. The third-order valence-electron chi connectivity index (χ3n) is 4.63. The maximum absolute atomic E-state index is 12.7. The van der Waals surface area contributed by atoms with Gasteiger partial charge in [-0.05, 0) is 55.5 Å². The summed E-state index contributed by atoms with van der Waals surface area (Å²) in [5, 5.41) is 4.36. The Labute approximate surface area is 164 Å². The fraction of sp³-hybridized carbons (Fsp3) is 0.217. The minimum absolute atomic E-state index is 0.375. The van der Waals surface area contributed by atoms with Crippen LogP contribution in [0.3, 0.4) is 0 Å². The number of esters is 1. The summed E-state index contributed by atoms with van der Waals surface area (Å²) >= 11 is 0. The Morgan fingerprint density at radius 2 is 1.68 bits per heavy atom. The van der Waals surface area contributed by atoms with E-state index in [4.69, 9.17) is 9.47 Å². The Morgan fingerprint density at radius 3 is 2.39 bits per heavy atom. The van der Waals surface area contributed by atoms with Crippen LogP contribution >= 0.6 is 0 Å². The highest BCUT2D eigenvalue weighted by Crippen LogP contribution is 2.29. The summed E-state index contributed by atoms with van der Waals surface area (Å²) < 4.78 is 10.8. The number of hydrogen-bond donors (Lipinski definition) is 1. The fourth-order valence-corrected chi connectivity index (χ4v) is 3.01. The summed E-state index contributed by atoms with van der Waals surface area (Å²) in [5.74, 6) is -0.254. The lowest BCUT2D eigenvalue weighted by atomic mass is 10.0. The number of ether oxygens (including phenoxy) is 2. The molecule has 1 N–H and O–H groups in total. The van der Waals surface area contributed by atoms with E-state index in [9.17, 15) is 9.59 Å². The van der Waals surface area contributed by atoms with Crippen molar-refractivity contribution in [3.8, 4) is 5.75 Å². The van der Waals surface area contributed by atoms with Crippen molar-refractivity contribution < 1.29 is 19.1 Å².